The predicted molar refractivity (Wildman–Crippen MR) is 110 cm³/mol. The van der Waals surface area contributed by atoms with E-state index in [1.54, 1.807) is 17.0 Å². The van der Waals surface area contributed by atoms with Gasteiger partial charge < -0.3 is 19.7 Å². The molecule has 1 heterocycles. The summed E-state index contributed by atoms with van der Waals surface area (Å²) in [6.07, 6.45) is 1.65. The molecule has 0 bridgehead atoms. The number of hydrogen-bond donors (Lipinski definition) is 1. The van der Waals surface area contributed by atoms with Crippen LogP contribution in [0.3, 0.4) is 0 Å². The maximum atomic E-state index is 12.5. The Morgan fingerprint density at radius 3 is 2.24 bits per heavy atom. The number of methoxy groups -OCH3 is 1. The molecule has 1 unspecified atom stereocenters. The molecular formula is C22H32N2O5. The first-order chi connectivity index (χ1) is 13.6. The van der Waals surface area contributed by atoms with Crippen molar-refractivity contribution in [1.82, 2.24) is 10.2 Å². The van der Waals surface area contributed by atoms with Gasteiger partial charge in [-0.05, 0) is 57.7 Å². The molecular weight excluding hydrogens is 372 g/mol. The highest BCUT2D eigenvalue weighted by molar-refractivity contribution is 5.94. The second kappa shape index (κ2) is 9.76. The zero-order valence-corrected chi connectivity index (χ0v) is 18.0. The summed E-state index contributed by atoms with van der Waals surface area (Å²) >= 11 is 0. The lowest BCUT2D eigenvalue weighted by atomic mass is 9.99. The number of hydrogen-bond acceptors (Lipinski definition) is 5. The Morgan fingerprint density at radius 1 is 1.14 bits per heavy atom. The number of nitrogens with zero attached hydrogens (tertiary/aromatic N) is 1. The molecule has 0 spiro atoms. The minimum Gasteiger partial charge on any atom is -0.469 e. The van der Waals surface area contributed by atoms with E-state index in [2.05, 4.69) is 5.32 Å². The van der Waals surface area contributed by atoms with E-state index >= 15 is 0 Å². The van der Waals surface area contributed by atoms with E-state index in [4.69, 9.17) is 9.47 Å². The Bertz CT molecular complexity index is 716. The van der Waals surface area contributed by atoms with E-state index in [0.717, 1.165) is 5.56 Å². The summed E-state index contributed by atoms with van der Waals surface area (Å²) < 4.78 is 10.1. The van der Waals surface area contributed by atoms with Crippen molar-refractivity contribution in [2.75, 3.05) is 20.2 Å². The number of carbonyl (C=O) groups is 3. The van der Waals surface area contributed by atoms with Crippen molar-refractivity contribution in [3.8, 4) is 0 Å². The maximum absolute atomic E-state index is 12.5. The smallest absolute Gasteiger partial charge is 0.410 e. The molecule has 160 valence electrons. The van der Waals surface area contributed by atoms with Crippen LogP contribution in [0, 0.1) is 5.92 Å². The van der Waals surface area contributed by atoms with E-state index in [0.29, 0.717) is 37.9 Å². The molecule has 1 aliphatic heterocycles. The van der Waals surface area contributed by atoms with Crippen molar-refractivity contribution in [1.29, 1.82) is 0 Å². The highest BCUT2D eigenvalue weighted by Crippen LogP contribution is 2.16. The molecule has 1 saturated heterocycles. The van der Waals surface area contributed by atoms with Crippen molar-refractivity contribution in [3.05, 3.63) is 35.4 Å². The van der Waals surface area contributed by atoms with Crippen LogP contribution in [0.1, 0.15) is 56.5 Å². The van der Waals surface area contributed by atoms with Gasteiger partial charge >= 0.3 is 12.1 Å². The van der Waals surface area contributed by atoms with E-state index in [1.165, 1.54) is 7.11 Å². The first kappa shape index (κ1) is 22.7. The Kier molecular flexibility index (Phi) is 7.65. The summed E-state index contributed by atoms with van der Waals surface area (Å²) in [5, 5.41) is 3.04. The van der Waals surface area contributed by atoms with Crippen molar-refractivity contribution in [3.63, 3.8) is 0 Å². The van der Waals surface area contributed by atoms with Crippen LogP contribution in [0.15, 0.2) is 24.3 Å². The summed E-state index contributed by atoms with van der Waals surface area (Å²) in [7, 11) is 1.38. The average molecular weight is 405 g/mol. The van der Waals surface area contributed by atoms with Gasteiger partial charge in [0.2, 0.25) is 0 Å². The number of piperidine rings is 1. The van der Waals surface area contributed by atoms with E-state index in [-0.39, 0.29) is 29.9 Å². The summed E-state index contributed by atoms with van der Waals surface area (Å²) in [6, 6.07) is 7.29. The summed E-state index contributed by atoms with van der Waals surface area (Å²) in [4.78, 5) is 37.8. The minimum absolute atomic E-state index is 0.0280. The van der Waals surface area contributed by atoms with Crippen molar-refractivity contribution in [2.24, 2.45) is 5.92 Å². The molecule has 2 amide bonds. The van der Waals surface area contributed by atoms with Gasteiger partial charge in [0.1, 0.15) is 5.60 Å². The third-order valence-corrected chi connectivity index (χ3v) is 4.84. The first-order valence-electron chi connectivity index (χ1n) is 10.0. The molecule has 1 fully saturated rings. The number of likely N-dealkylation sites (tertiary alicyclic amines) is 1. The molecule has 1 N–H and O–H groups in total. The van der Waals surface area contributed by atoms with Crippen LogP contribution < -0.4 is 5.32 Å². The molecule has 0 radical (unpaired) electrons. The van der Waals surface area contributed by atoms with Crippen LogP contribution in [-0.4, -0.2) is 54.7 Å². The molecule has 1 aromatic rings. The fourth-order valence-electron chi connectivity index (χ4n) is 3.23. The summed E-state index contributed by atoms with van der Waals surface area (Å²) in [5.41, 5.74) is 1.04. The highest BCUT2D eigenvalue weighted by Gasteiger charge is 2.27. The number of amides is 2. The number of ether oxygens (including phenoxy) is 2. The second-order valence-corrected chi connectivity index (χ2v) is 8.54. The fraction of sp³-hybridized carbons (Fsp3) is 0.591. The largest absolute Gasteiger partial charge is 0.469 e. The van der Waals surface area contributed by atoms with Gasteiger partial charge in [-0.15, -0.1) is 0 Å². The van der Waals surface area contributed by atoms with Crippen LogP contribution in [0.4, 0.5) is 4.79 Å². The van der Waals surface area contributed by atoms with Crippen molar-refractivity contribution >= 4 is 18.0 Å². The highest BCUT2D eigenvalue weighted by atomic mass is 16.6. The first-order valence-corrected chi connectivity index (χ1v) is 10.0. The van der Waals surface area contributed by atoms with E-state index in [9.17, 15) is 14.4 Å². The topological polar surface area (TPSA) is 84.9 Å². The molecule has 0 saturated carbocycles. The lowest BCUT2D eigenvalue weighted by Gasteiger charge is -2.33. The van der Waals surface area contributed by atoms with Crippen LogP contribution in [0.5, 0.6) is 0 Å². The minimum atomic E-state index is -0.511. The number of carbonyl (C=O) groups excluding carboxylic acids is 3. The lowest BCUT2D eigenvalue weighted by molar-refractivity contribution is -0.144. The quantitative estimate of drug-likeness (QED) is 0.762. The van der Waals surface area contributed by atoms with E-state index in [1.807, 2.05) is 39.8 Å². The second-order valence-electron chi connectivity index (χ2n) is 8.54. The number of nitrogens with one attached hydrogen (secondary N) is 1. The Morgan fingerprint density at radius 2 is 1.72 bits per heavy atom. The van der Waals surface area contributed by atoms with Gasteiger partial charge in [-0.1, -0.05) is 19.1 Å². The Hall–Kier alpha value is -2.57. The standard InChI is InChI=1S/C22H32N2O5/c1-15(20(26)28-5)14-16-6-8-17(9-7-16)19(25)23-18-10-12-24(13-11-18)21(27)29-22(2,3)4/h6-9,15,18H,10-14H2,1-5H3,(H,23,25). The lowest BCUT2D eigenvalue weighted by Crippen LogP contribution is -2.47. The predicted octanol–water partition coefficient (Wildman–Crippen LogP) is 3.17. The molecule has 1 aromatic carbocycles. The van der Waals surface area contributed by atoms with Crippen molar-refractivity contribution < 1.29 is 23.9 Å². The van der Waals surface area contributed by atoms with Gasteiger partial charge in [0, 0.05) is 24.7 Å². The number of rotatable bonds is 5. The van der Waals surface area contributed by atoms with Crippen LogP contribution in [0.25, 0.3) is 0 Å². The summed E-state index contributed by atoms with van der Waals surface area (Å²) in [6.45, 7) is 8.47. The zero-order chi connectivity index (χ0) is 21.6. The van der Waals surface area contributed by atoms with Crippen LogP contribution in [0.2, 0.25) is 0 Å². The van der Waals surface area contributed by atoms with Gasteiger partial charge in [0.25, 0.3) is 5.91 Å². The van der Waals surface area contributed by atoms with Crippen LogP contribution in [-0.2, 0) is 20.7 Å². The third kappa shape index (κ3) is 7.07. The molecule has 0 aromatic heterocycles. The van der Waals surface area contributed by atoms with Gasteiger partial charge in [0.15, 0.2) is 0 Å². The molecule has 7 heteroatoms. The molecule has 0 aliphatic carbocycles. The van der Waals surface area contributed by atoms with Gasteiger partial charge in [-0.25, -0.2) is 4.79 Å². The zero-order valence-electron chi connectivity index (χ0n) is 18.0. The fourth-order valence-corrected chi connectivity index (χ4v) is 3.23. The van der Waals surface area contributed by atoms with E-state index < -0.39 is 5.60 Å². The number of esters is 1. The third-order valence-electron chi connectivity index (χ3n) is 4.84. The Balaban J connectivity index is 1.82. The van der Waals surface area contributed by atoms with Gasteiger partial charge in [-0.2, -0.15) is 0 Å². The molecule has 7 nitrogen and oxygen atoms in total. The Labute approximate surface area is 172 Å². The van der Waals surface area contributed by atoms with Crippen LogP contribution >= 0.6 is 0 Å². The number of benzene rings is 1. The monoisotopic (exact) mass is 404 g/mol. The molecule has 2 rings (SSSR count). The maximum Gasteiger partial charge on any atom is 0.410 e. The van der Waals surface area contributed by atoms with Gasteiger partial charge in [0.05, 0.1) is 13.0 Å². The average Bonchev–Trinajstić information content (AvgIpc) is 2.67. The van der Waals surface area contributed by atoms with Gasteiger partial charge in [-0.3, -0.25) is 9.59 Å². The van der Waals surface area contributed by atoms with Crippen molar-refractivity contribution in [2.45, 2.75) is 58.6 Å². The molecule has 1 atom stereocenters. The summed E-state index contributed by atoms with van der Waals surface area (Å²) in [5.74, 6) is -0.604. The SMILES string of the molecule is COC(=O)C(C)Cc1ccc(C(=O)NC2CCN(C(=O)OC(C)(C)C)CC2)cc1. The molecule has 29 heavy (non-hydrogen) atoms. The normalized spacial score (nSPS) is 16.1. The molecule has 1 aliphatic rings.